The molecule has 1 saturated carbocycles. The number of aryl methyl sites for hydroxylation is 2. The number of nitrogens with one attached hydrogen (secondary N) is 2. The van der Waals surface area contributed by atoms with Crippen molar-refractivity contribution >= 4 is 16.8 Å². The van der Waals surface area contributed by atoms with Crippen molar-refractivity contribution in [1.29, 1.82) is 0 Å². The van der Waals surface area contributed by atoms with Gasteiger partial charge in [-0.3, -0.25) is 9.59 Å². The molecule has 28 heavy (non-hydrogen) atoms. The van der Waals surface area contributed by atoms with E-state index < -0.39 is 0 Å². The number of nitrogens with zero attached hydrogens (tertiary/aromatic N) is 2. The van der Waals surface area contributed by atoms with Crippen LogP contribution >= 0.6 is 0 Å². The van der Waals surface area contributed by atoms with Gasteiger partial charge in [-0.2, -0.15) is 4.98 Å². The number of aromatic nitrogens is 3. The van der Waals surface area contributed by atoms with Crippen LogP contribution in [0.25, 0.3) is 22.3 Å². The van der Waals surface area contributed by atoms with Gasteiger partial charge >= 0.3 is 0 Å². The number of hydrogen-bond acceptors (Lipinski definition) is 5. The average molecular weight is 380 g/mol. The van der Waals surface area contributed by atoms with Crippen molar-refractivity contribution < 1.29 is 9.32 Å². The Morgan fingerprint density at radius 1 is 1.29 bits per heavy atom. The molecule has 2 N–H and O–H groups in total. The van der Waals surface area contributed by atoms with E-state index in [1.807, 2.05) is 25.1 Å². The Bertz CT molecular complexity index is 1050. The fourth-order valence-corrected chi connectivity index (χ4v) is 3.72. The molecule has 0 unspecified atom stereocenters. The molecule has 0 aliphatic heterocycles. The fourth-order valence-electron chi connectivity index (χ4n) is 3.72. The van der Waals surface area contributed by atoms with Crippen molar-refractivity contribution in [1.82, 2.24) is 20.4 Å². The quantitative estimate of drug-likeness (QED) is 0.683. The summed E-state index contributed by atoms with van der Waals surface area (Å²) in [6.07, 6.45) is 6.14. The Morgan fingerprint density at radius 2 is 2.11 bits per heavy atom. The van der Waals surface area contributed by atoms with Gasteiger partial charge in [0.25, 0.3) is 5.56 Å². The van der Waals surface area contributed by atoms with Gasteiger partial charge in [0.05, 0.1) is 5.56 Å². The molecule has 7 nitrogen and oxygen atoms in total. The number of H-pyrrole nitrogens is 1. The van der Waals surface area contributed by atoms with Crippen LogP contribution in [0.3, 0.4) is 0 Å². The van der Waals surface area contributed by atoms with E-state index in [4.69, 9.17) is 4.52 Å². The van der Waals surface area contributed by atoms with E-state index >= 15 is 0 Å². The number of benzene rings is 1. The van der Waals surface area contributed by atoms with Crippen LogP contribution in [0.5, 0.6) is 0 Å². The van der Waals surface area contributed by atoms with Crippen molar-refractivity contribution in [3.63, 3.8) is 0 Å². The van der Waals surface area contributed by atoms with E-state index in [1.165, 1.54) is 12.8 Å². The molecule has 0 saturated heterocycles. The molecule has 1 aromatic carbocycles. The van der Waals surface area contributed by atoms with Crippen LogP contribution in [0.4, 0.5) is 0 Å². The highest BCUT2D eigenvalue weighted by atomic mass is 16.5. The molecule has 4 rings (SSSR count). The summed E-state index contributed by atoms with van der Waals surface area (Å²) >= 11 is 0. The minimum Gasteiger partial charge on any atom is -0.353 e. The van der Waals surface area contributed by atoms with Gasteiger partial charge in [-0.25, -0.2) is 0 Å². The lowest BCUT2D eigenvalue weighted by Gasteiger charge is -2.11. The smallest absolute Gasteiger partial charge is 0.259 e. The van der Waals surface area contributed by atoms with Crippen molar-refractivity contribution in [2.45, 2.75) is 57.9 Å². The molecular weight excluding hydrogens is 356 g/mol. The maximum absolute atomic E-state index is 12.4. The number of aromatic amines is 1. The number of hydrogen-bond donors (Lipinski definition) is 2. The second-order valence-corrected chi connectivity index (χ2v) is 7.52. The predicted octanol–water partition coefficient (Wildman–Crippen LogP) is 3.27. The standard InChI is InChI=1S/C21H24N4O3/c1-13-9-10-14-12-16(21(27)23-17(14)11-13)20-24-19(28-25-20)8-4-7-18(26)22-15-5-2-3-6-15/h9-12,15H,2-8H2,1H3,(H,22,26)(H,23,27). The topological polar surface area (TPSA) is 101 Å². The van der Waals surface area contributed by atoms with Crippen LogP contribution in [0.2, 0.25) is 0 Å². The van der Waals surface area contributed by atoms with E-state index in [1.54, 1.807) is 6.07 Å². The SMILES string of the molecule is Cc1ccc2cc(-c3noc(CCCC(=O)NC4CCCC4)n3)c(=O)[nH]c2c1. The lowest BCUT2D eigenvalue weighted by molar-refractivity contribution is -0.121. The maximum Gasteiger partial charge on any atom is 0.259 e. The van der Waals surface area contributed by atoms with Gasteiger partial charge in [0, 0.05) is 24.4 Å². The fraction of sp³-hybridized carbons (Fsp3) is 0.429. The summed E-state index contributed by atoms with van der Waals surface area (Å²) < 4.78 is 5.27. The summed E-state index contributed by atoms with van der Waals surface area (Å²) in [7, 11) is 0. The average Bonchev–Trinajstić information content (AvgIpc) is 3.33. The summed E-state index contributed by atoms with van der Waals surface area (Å²) in [4.78, 5) is 31.6. The van der Waals surface area contributed by atoms with Crippen LogP contribution in [-0.2, 0) is 11.2 Å². The van der Waals surface area contributed by atoms with Crippen molar-refractivity contribution in [3.05, 3.63) is 46.1 Å². The van der Waals surface area contributed by atoms with Gasteiger partial charge in [-0.15, -0.1) is 0 Å². The van der Waals surface area contributed by atoms with E-state index in [0.29, 0.717) is 36.8 Å². The third kappa shape index (κ3) is 4.13. The minimum atomic E-state index is -0.249. The van der Waals surface area contributed by atoms with Crippen molar-refractivity contribution in [2.75, 3.05) is 0 Å². The van der Waals surface area contributed by atoms with Crippen molar-refractivity contribution in [3.8, 4) is 11.4 Å². The van der Waals surface area contributed by atoms with Gasteiger partial charge in [0.2, 0.25) is 17.6 Å². The Balaban J connectivity index is 1.39. The monoisotopic (exact) mass is 380 g/mol. The lowest BCUT2D eigenvalue weighted by atomic mass is 10.1. The molecule has 1 amide bonds. The first-order chi connectivity index (χ1) is 13.6. The molecule has 2 aromatic heterocycles. The zero-order valence-corrected chi connectivity index (χ0v) is 16.0. The van der Waals surface area contributed by atoms with Crippen LogP contribution in [-0.4, -0.2) is 27.1 Å². The Labute approximate surface area is 162 Å². The Morgan fingerprint density at radius 3 is 2.93 bits per heavy atom. The molecule has 7 heteroatoms. The van der Waals surface area contributed by atoms with E-state index in [0.717, 1.165) is 29.3 Å². The van der Waals surface area contributed by atoms with Crippen LogP contribution in [0, 0.1) is 6.92 Å². The molecule has 0 atom stereocenters. The minimum absolute atomic E-state index is 0.0768. The molecule has 2 heterocycles. The molecule has 1 aliphatic carbocycles. The molecule has 146 valence electrons. The zero-order chi connectivity index (χ0) is 19.5. The molecule has 0 radical (unpaired) electrons. The normalized spacial score (nSPS) is 14.6. The molecule has 1 fully saturated rings. The number of fused-ring (bicyclic) bond motifs is 1. The van der Waals surface area contributed by atoms with Gasteiger partial charge in [0.15, 0.2) is 0 Å². The van der Waals surface area contributed by atoms with Gasteiger partial charge in [-0.1, -0.05) is 30.1 Å². The lowest BCUT2D eigenvalue weighted by Crippen LogP contribution is -2.32. The highest BCUT2D eigenvalue weighted by molar-refractivity contribution is 5.82. The van der Waals surface area contributed by atoms with Gasteiger partial charge in [0.1, 0.15) is 0 Å². The molecule has 3 aromatic rings. The first-order valence-electron chi connectivity index (χ1n) is 9.84. The number of carbonyl (C=O) groups excluding carboxylic acids is 1. The second kappa shape index (κ2) is 7.96. The summed E-state index contributed by atoms with van der Waals surface area (Å²) in [6.45, 7) is 1.98. The van der Waals surface area contributed by atoms with Gasteiger partial charge < -0.3 is 14.8 Å². The highest BCUT2D eigenvalue weighted by Crippen LogP contribution is 2.19. The number of rotatable bonds is 6. The molecule has 1 aliphatic rings. The summed E-state index contributed by atoms with van der Waals surface area (Å²) in [5.74, 6) is 0.786. The van der Waals surface area contributed by atoms with E-state index in [9.17, 15) is 9.59 Å². The largest absolute Gasteiger partial charge is 0.353 e. The summed E-state index contributed by atoms with van der Waals surface area (Å²) in [5, 5.41) is 7.93. The maximum atomic E-state index is 12.4. The first-order valence-corrected chi connectivity index (χ1v) is 9.84. The van der Waals surface area contributed by atoms with Crippen LogP contribution in [0.1, 0.15) is 50.0 Å². The van der Waals surface area contributed by atoms with Crippen molar-refractivity contribution in [2.24, 2.45) is 0 Å². The second-order valence-electron chi connectivity index (χ2n) is 7.52. The summed E-state index contributed by atoms with van der Waals surface area (Å²) in [5.41, 5.74) is 1.99. The Hall–Kier alpha value is -2.96. The molecular formula is C21H24N4O3. The van der Waals surface area contributed by atoms with E-state index in [-0.39, 0.29) is 17.3 Å². The predicted molar refractivity (Wildman–Crippen MR) is 106 cm³/mol. The molecule has 0 bridgehead atoms. The molecule has 0 spiro atoms. The number of pyridine rings is 1. The Kier molecular flexibility index (Phi) is 5.23. The van der Waals surface area contributed by atoms with E-state index in [2.05, 4.69) is 20.4 Å². The third-order valence-corrected chi connectivity index (χ3v) is 5.23. The van der Waals surface area contributed by atoms with Gasteiger partial charge in [-0.05, 0) is 49.3 Å². The third-order valence-electron chi connectivity index (χ3n) is 5.23. The number of carbonyl (C=O) groups is 1. The van der Waals surface area contributed by atoms with Crippen LogP contribution in [0.15, 0.2) is 33.6 Å². The highest BCUT2D eigenvalue weighted by Gasteiger charge is 2.17. The summed E-state index contributed by atoms with van der Waals surface area (Å²) in [6, 6.07) is 7.98. The first kappa shape index (κ1) is 18.4. The van der Waals surface area contributed by atoms with Crippen LogP contribution < -0.4 is 10.9 Å². The zero-order valence-electron chi connectivity index (χ0n) is 16.0. The number of amides is 1.